The SMILES string of the molecule is CC(C)(O)CCCC(C)(O)CC(=O)O. The van der Waals surface area contributed by atoms with E-state index in [9.17, 15) is 15.0 Å². The number of aliphatic hydroxyl groups is 2. The van der Waals surface area contributed by atoms with Crippen molar-refractivity contribution in [1.29, 1.82) is 0 Å². The lowest BCUT2D eigenvalue weighted by atomic mass is 9.92. The van der Waals surface area contributed by atoms with E-state index in [-0.39, 0.29) is 6.42 Å². The van der Waals surface area contributed by atoms with Crippen molar-refractivity contribution in [1.82, 2.24) is 0 Å². The largest absolute Gasteiger partial charge is 0.481 e. The fourth-order valence-electron chi connectivity index (χ4n) is 1.32. The molecule has 1 atom stereocenters. The minimum Gasteiger partial charge on any atom is -0.481 e. The lowest BCUT2D eigenvalue weighted by Gasteiger charge is -2.23. The van der Waals surface area contributed by atoms with E-state index in [1.807, 2.05) is 0 Å². The average Bonchev–Trinajstić information content (AvgIpc) is 1.78. The Labute approximate surface area is 84.6 Å². The summed E-state index contributed by atoms with van der Waals surface area (Å²) in [5.74, 6) is -1.00. The van der Waals surface area contributed by atoms with Crippen LogP contribution in [0.2, 0.25) is 0 Å². The van der Waals surface area contributed by atoms with Crippen LogP contribution in [0.1, 0.15) is 46.5 Å². The van der Waals surface area contributed by atoms with Crippen LogP contribution in [0.4, 0.5) is 0 Å². The summed E-state index contributed by atoms with van der Waals surface area (Å²) in [5, 5.41) is 27.5. The Morgan fingerprint density at radius 2 is 1.64 bits per heavy atom. The summed E-state index contributed by atoms with van der Waals surface area (Å²) in [7, 11) is 0. The fourth-order valence-corrected chi connectivity index (χ4v) is 1.32. The summed E-state index contributed by atoms with van der Waals surface area (Å²) in [4.78, 5) is 10.4. The predicted molar refractivity (Wildman–Crippen MR) is 53.0 cm³/mol. The Kier molecular flexibility index (Phi) is 4.55. The van der Waals surface area contributed by atoms with Crippen LogP contribution in [-0.4, -0.2) is 32.5 Å². The highest BCUT2D eigenvalue weighted by Crippen LogP contribution is 2.21. The molecule has 0 rings (SSSR count). The third-order valence-electron chi connectivity index (χ3n) is 2.04. The van der Waals surface area contributed by atoms with Gasteiger partial charge < -0.3 is 15.3 Å². The van der Waals surface area contributed by atoms with Crippen molar-refractivity contribution in [3.05, 3.63) is 0 Å². The van der Waals surface area contributed by atoms with Crippen LogP contribution in [0, 0.1) is 0 Å². The topological polar surface area (TPSA) is 77.8 Å². The molecule has 4 heteroatoms. The van der Waals surface area contributed by atoms with E-state index < -0.39 is 17.2 Å². The molecule has 0 bridgehead atoms. The van der Waals surface area contributed by atoms with Crippen molar-refractivity contribution < 1.29 is 20.1 Å². The van der Waals surface area contributed by atoms with Gasteiger partial charge in [0.15, 0.2) is 0 Å². The van der Waals surface area contributed by atoms with E-state index in [1.165, 1.54) is 6.92 Å². The average molecular weight is 204 g/mol. The number of hydrogen-bond acceptors (Lipinski definition) is 3. The van der Waals surface area contributed by atoms with Crippen LogP contribution in [0.25, 0.3) is 0 Å². The maximum atomic E-state index is 10.4. The van der Waals surface area contributed by atoms with E-state index in [2.05, 4.69) is 0 Å². The molecule has 0 aliphatic carbocycles. The van der Waals surface area contributed by atoms with Crippen molar-refractivity contribution in [2.45, 2.75) is 57.7 Å². The quantitative estimate of drug-likeness (QED) is 0.606. The summed E-state index contributed by atoms with van der Waals surface area (Å²) in [5.41, 5.74) is -1.92. The maximum absolute atomic E-state index is 10.4. The molecule has 1 unspecified atom stereocenters. The molecular weight excluding hydrogens is 184 g/mol. The standard InChI is InChI=1S/C10H20O4/c1-9(2,13)5-4-6-10(3,14)7-8(11)12/h13-14H,4-7H2,1-3H3,(H,11,12). The first-order valence-corrected chi connectivity index (χ1v) is 4.79. The summed E-state index contributed by atoms with van der Waals surface area (Å²) >= 11 is 0. The molecule has 0 amide bonds. The number of carboxylic acids is 1. The zero-order chi connectivity index (χ0) is 11.4. The Morgan fingerprint density at radius 1 is 1.14 bits per heavy atom. The van der Waals surface area contributed by atoms with Gasteiger partial charge in [0, 0.05) is 0 Å². The minimum absolute atomic E-state index is 0.251. The van der Waals surface area contributed by atoms with Gasteiger partial charge in [-0.05, 0) is 40.0 Å². The number of rotatable bonds is 6. The molecule has 0 spiro atoms. The molecule has 0 radical (unpaired) electrons. The molecule has 0 aliphatic heterocycles. The molecule has 0 saturated carbocycles. The number of carboxylic acid groups (broad SMARTS) is 1. The summed E-state index contributed by atoms with van der Waals surface area (Å²) in [6.45, 7) is 4.89. The van der Waals surface area contributed by atoms with Crippen LogP contribution in [-0.2, 0) is 4.79 Å². The number of aliphatic carboxylic acids is 1. The Balaban J connectivity index is 3.82. The zero-order valence-corrected chi connectivity index (χ0v) is 9.08. The molecule has 84 valence electrons. The van der Waals surface area contributed by atoms with Gasteiger partial charge in [-0.3, -0.25) is 4.79 Å². The van der Waals surface area contributed by atoms with E-state index in [1.54, 1.807) is 13.8 Å². The van der Waals surface area contributed by atoms with E-state index in [4.69, 9.17) is 5.11 Å². The Hall–Kier alpha value is -0.610. The van der Waals surface area contributed by atoms with Gasteiger partial charge >= 0.3 is 5.97 Å². The molecule has 3 N–H and O–H groups in total. The number of hydrogen-bond donors (Lipinski definition) is 3. The van der Waals surface area contributed by atoms with Crippen molar-refractivity contribution >= 4 is 5.97 Å². The molecule has 14 heavy (non-hydrogen) atoms. The first kappa shape index (κ1) is 13.4. The highest BCUT2D eigenvalue weighted by atomic mass is 16.4. The van der Waals surface area contributed by atoms with Gasteiger partial charge in [0.25, 0.3) is 0 Å². The summed E-state index contributed by atoms with van der Waals surface area (Å²) in [6.07, 6.45) is 1.31. The predicted octanol–water partition coefficient (Wildman–Crippen LogP) is 1.15. The molecular formula is C10H20O4. The third-order valence-corrected chi connectivity index (χ3v) is 2.04. The van der Waals surface area contributed by atoms with Gasteiger partial charge in [0.05, 0.1) is 17.6 Å². The molecule has 4 nitrogen and oxygen atoms in total. The van der Waals surface area contributed by atoms with E-state index >= 15 is 0 Å². The van der Waals surface area contributed by atoms with Gasteiger partial charge in [-0.2, -0.15) is 0 Å². The van der Waals surface area contributed by atoms with Crippen LogP contribution in [0.5, 0.6) is 0 Å². The van der Waals surface area contributed by atoms with Gasteiger partial charge in [-0.1, -0.05) is 0 Å². The van der Waals surface area contributed by atoms with E-state index in [0.29, 0.717) is 19.3 Å². The van der Waals surface area contributed by atoms with Crippen molar-refractivity contribution in [3.63, 3.8) is 0 Å². The fraction of sp³-hybridized carbons (Fsp3) is 0.900. The van der Waals surface area contributed by atoms with Crippen LogP contribution < -0.4 is 0 Å². The van der Waals surface area contributed by atoms with Gasteiger partial charge in [-0.25, -0.2) is 0 Å². The second-order valence-electron chi connectivity index (χ2n) is 4.73. The third kappa shape index (κ3) is 8.01. The first-order chi connectivity index (χ1) is 6.12. The van der Waals surface area contributed by atoms with Crippen LogP contribution >= 0.6 is 0 Å². The van der Waals surface area contributed by atoms with Crippen molar-refractivity contribution in [2.24, 2.45) is 0 Å². The van der Waals surface area contributed by atoms with Crippen molar-refractivity contribution in [2.75, 3.05) is 0 Å². The monoisotopic (exact) mass is 204 g/mol. The highest BCUT2D eigenvalue weighted by Gasteiger charge is 2.24. The van der Waals surface area contributed by atoms with Gasteiger partial charge in [0.1, 0.15) is 0 Å². The molecule has 0 aromatic heterocycles. The smallest absolute Gasteiger partial charge is 0.306 e. The van der Waals surface area contributed by atoms with Gasteiger partial charge in [0.2, 0.25) is 0 Å². The van der Waals surface area contributed by atoms with Crippen LogP contribution in [0.3, 0.4) is 0 Å². The lowest BCUT2D eigenvalue weighted by molar-refractivity contribution is -0.142. The normalized spacial score (nSPS) is 16.4. The highest BCUT2D eigenvalue weighted by molar-refractivity contribution is 5.67. The molecule has 0 aromatic carbocycles. The Morgan fingerprint density at radius 3 is 2.00 bits per heavy atom. The second-order valence-corrected chi connectivity index (χ2v) is 4.73. The number of carbonyl (C=O) groups is 1. The molecule has 0 aromatic rings. The second kappa shape index (κ2) is 4.75. The summed E-state index contributed by atoms with van der Waals surface area (Å²) in [6, 6.07) is 0. The van der Waals surface area contributed by atoms with Crippen LogP contribution in [0.15, 0.2) is 0 Å². The minimum atomic E-state index is -1.17. The molecule has 0 heterocycles. The summed E-state index contributed by atoms with van der Waals surface area (Å²) < 4.78 is 0. The molecule has 0 fully saturated rings. The van der Waals surface area contributed by atoms with E-state index in [0.717, 1.165) is 0 Å². The molecule has 0 aliphatic rings. The Bertz CT molecular complexity index is 191. The first-order valence-electron chi connectivity index (χ1n) is 4.79. The van der Waals surface area contributed by atoms with Gasteiger partial charge in [-0.15, -0.1) is 0 Å². The molecule has 0 saturated heterocycles. The zero-order valence-electron chi connectivity index (χ0n) is 9.08. The van der Waals surface area contributed by atoms with Crippen molar-refractivity contribution in [3.8, 4) is 0 Å². The maximum Gasteiger partial charge on any atom is 0.306 e. The lowest BCUT2D eigenvalue weighted by Crippen LogP contribution is -2.29.